The number of anilines is 1. The fourth-order valence-electron chi connectivity index (χ4n) is 4.91. The number of hydrogen-bond acceptors (Lipinski definition) is 8. The van der Waals surface area contributed by atoms with Gasteiger partial charge in [-0.3, -0.25) is 4.57 Å². The molecule has 4 aromatic rings. The van der Waals surface area contributed by atoms with Gasteiger partial charge in [0.15, 0.2) is 17.2 Å². The lowest BCUT2D eigenvalue weighted by Crippen LogP contribution is -2.46. The van der Waals surface area contributed by atoms with E-state index in [0.717, 1.165) is 16.7 Å². The van der Waals surface area contributed by atoms with Crippen molar-refractivity contribution in [1.82, 2.24) is 19.5 Å². The lowest BCUT2D eigenvalue weighted by atomic mass is 9.82. The summed E-state index contributed by atoms with van der Waals surface area (Å²) >= 11 is 0. The number of rotatable bonds is 6. The molecule has 3 heterocycles. The minimum Gasteiger partial charge on any atom is -0.394 e. The van der Waals surface area contributed by atoms with Crippen LogP contribution in [-0.4, -0.2) is 59.8 Å². The number of ether oxygens (including phenoxy) is 1. The van der Waals surface area contributed by atoms with Gasteiger partial charge in [0.05, 0.1) is 12.9 Å². The third-order valence-electron chi connectivity index (χ3n) is 6.61. The molecule has 5 atom stereocenters. The smallest absolute Gasteiger partial charge is 0.177 e. The van der Waals surface area contributed by atoms with E-state index in [1.54, 1.807) is 4.57 Å². The van der Waals surface area contributed by atoms with E-state index >= 15 is 0 Å². The monoisotopic (exact) mass is 461 g/mol. The van der Waals surface area contributed by atoms with Crippen molar-refractivity contribution in [2.75, 3.05) is 12.3 Å². The molecule has 1 aliphatic rings. The van der Waals surface area contributed by atoms with Crippen LogP contribution in [0.3, 0.4) is 0 Å². The third-order valence-corrected chi connectivity index (χ3v) is 6.61. The molecule has 0 bridgehead atoms. The Kier molecular flexibility index (Phi) is 5.78. The van der Waals surface area contributed by atoms with Gasteiger partial charge >= 0.3 is 0 Å². The number of aromatic nitrogens is 4. The second-order valence-electron chi connectivity index (χ2n) is 8.75. The van der Waals surface area contributed by atoms with E-state index in [9.17, 15) is 15.3 Å². The summed E-state index contributed by atoms with van der Waals surface area (Å²) in [6.45, 7) is 1.57. The Labute approximate surface area is 196 Å². The number of hydrogen-bond donors (Lipinski definition) is 4. The van der Waals surface area contributed by atoms with E-state index in [1.807, 2.05) is 55.5 Å². The first-order valence-electron chi connectivity index (χ1n) is 11.1. The van der Waals surface area contributed by atoms with Gasteiger partial charge in [0.25, 0.3) is 0 Å². The van der Waals surface area contributed by atoms with Gasteiger partial charge in [0.1, 0.15) is 30.2 Å². The standard InChI is InChI=1S/C25H27N5O4/c1-15-6-5-9-17(10-15)18(16-7-3-2-4-8-16)11-25(22(33)21(32)19(12-31)34-25)30-14-29-20-23(26)27-13-28-24(20)30/h2-10,13-14,18-19,21-22,31-33H,11-12H2,1H3,(H2,26,27,28)/t18?,19-,21-,22-,25-/m1/s1. The summed E-state index contributed by atoms with van der Waals surface area (Å²) in [6, 6.07) is 18.1. The second kappa shape index (κ2) is 8.77. The number of imidazole rings is 1. The van der Waals surface area contributed by atoms with E-state index in [2.05, 4.69) is 21.0 Å². The van der Waals surface area contributed by atoms with Gasteiger partial charge in [-0.25, -0.2) is 15.0 Å². The zero-order valence-corrected chi connectivity index (χ0v) is 18.7. The number of benzene rings is 2. The molecule has 5 rings (SSSR count). The van der Waals surface area contributed by atoms with Crippen LogP contribution in [-0.2, 0) is 10.5 Å². The highest BCUT2D eigenvalue weighted by Crippen LogP contribution is 2.46. The number of fused-ring (bicyclic) bond motifs is 1. The van der Waals surface area contributed by atoms with Crippen molar-refractivity contribution in [1.29, 1.82) is 0 Å². The summed E-state index contributed by atoms with van der Waals surface area (Å²) in [7, 11) is 0. The van der Waals surface area contributed by atoms with E-state index in [-0.39, 0.29) is 18.2 Å². The molecule has 1 saturated heterocycles. The minimum atomic E-state index is -1.48. The van der Waals surface area contributed by atoms with Crippen LogP contribution >= 0.6 is 0 Å². The maximum absolute atomic E-state index is 11.4. The predicted octanol–water partition coefficient (Wildman–Crippen LogP) is 1.70. The Morgan fingerprint density at radius 1 is 1.06 bits per heavy atom. The van der Waals surface area contributed by atoms with Gasteiger partial charge in [-0.15, -0.1) is 0 Å². The summed E-state index contributed by atoms with van der Waals surface area (Å²) in [4.78, 5) is 12.7. The lowest BCUT2D eigenvalue weighted by Gasteiger charge is -2.37. The Morgan fingerprint density at radius 2 is 1.82 bits per heavy atom. The Morgan fingerprint density at radius 3 is 2.53 bits per heavy atom. The molecule has 34 heavy (non-hydrogen) atoms. The molecule has 0 aliphatic carbocycles. The fraction of sp³-hybridized carbons (Fsp3) is 0.320. The quantitative estimate of drug-likeness (QED) is 0.340. The molecular weight excluding hydrogens is 434 g/mol. The van der Waals surface area contributed by atoms with Crippen LogP contribution in [0, 0.1) is 6.92 Å². The van der Waals surface area contributed by atoms with Gasteiger partial charge in [-0.05, 0) is 18.1 Å². The van der Waals surface area contributed by atoms with Gasteiger partial charge in [-0.2, -0.15) is 0 Å². The maximum atomic E-state index is 11.4. The fourth-order valence-corrected chi connectivity index (χ4v) is 4.91. The summed E-state index contributed by atoms with van der Waals surface area (Å²) in [6.07, 6.45) is -0.612. The first-order valence-corrected chi connectivity index (χ1v) is 11.1. The normalized spacial score (nSPS) is 25.6. The van der Waals surface area contributed by atoms with Crippen molar-refractivity contribution in [2.24, 2.45) is 0 Å². The highest BCUT2D eigenvalue weighted by atomic mass is 16.6. The van der Waals surface area contributed by atoms with Gasteiger partial charge < -0.3 is 25.8 Å². The maximum Gasteiger partial charge on any atom is 0.177 e. The van der Waals surface area contributed by atoms with E-state index in [4.69, 9.17) is 10.5 Å². The van der Waals surface area contributed by atoms with Crippen LogP contribution in [0.1, 0.15) is 29.0 Å². The number of nitrogen functional groups attached to an aromatic ring is 1. The molecule has 0 spiro atoms. The highest BCUT2D eigenvalue weighted by molar-refractivity contribution is 5.81. The molecule has 5 N–H and O–H groups in total. The number of nitrogens with zero attached hydrogens (tertiary/aromatic N) is 4. The van der Waals surface area contributed by atoms with Crippen molar-refractivity contribution < 1.29 is 20.1 Å². The molecule has 1 aliphatic heterocycles. The number of aryl methyl sites for hydroxylation is 1. The van der Waals surface area contributed by atoms with Crippen LogP contribution < -0.4 is 5.73 Å². The largest absolute Gasteiger partial charge is 0.394 e. The number of nitrogens with two attached hydrogens (primary N) is 1. The van der Waals surface area contributed by atoms with Gasteiger partial charge in [-0.1, -0.05) is 60.2 Å². The molecule has 0 saturated carbocycles. The second-order valence-corrected chi connectivity index (χ2v) is 8.75. The number of aliphatic hydroxyl groups excluding tert-OH is 3. The molecule has 1 fully saturated rings. The van der Waals surface area contributed by atoms with Crippen LogP contribution in [0.25, 0.3) is 11.2 Å². The SMILES string of the molecule is Cc1cccc(C(C[C@@]2(n3cnc4c(N)ncnc43)O[C@H](CO)[C@@H](O)[C@H]2O)c2ccccc2)c1. The Bertz CT molecular complexity index is 1300. The first kappa shape index (κ1) is 22.4. The molecular formula is C25H27N5O4. The first-order chi connectivity index (χ1) is 16.4. The molecule has 0 radical (unpaired) electrons. The predicted molar refractivity (Wildman–Crippen MR) is 126 cm³/mol. The molecule has 1 unspecified atom stereocenters. The number of aliphatic hydroxyl groups is 3. The van der Waals surface area contributed by atoms with E-state index in [0.29, 0.717) is 11.2 Å². The average Bonchev–Trinajstić information content (AvgIpc) is 3.39. The summed E-state index contributed by atoms with van der Waals surface area (Å²) in [5.41, 5.74) is 8.41. The van der Waals surface area contributed by atoms with E-state index < -0.39 is 30.6 Å². The van der Waals surface area contributed by atoms with Gasteiger partial charge in [0.2, 0.25) is 0 Å². The molecule has 176 valence electrons. The van der Waals surface area contributed by atoms with Crippen molar-refractivity contribution in [3.63, 3.8) is 0 Å². The minimum absolute atomic E-state index is 0.198. The lowest BCUT2D eigenvalue weighted by molar-refractivity contribution is -0.152. The molecule has 9 nitrogen and oxygen atoms in total. The molecule has 2 aromatic heterocycles. The molecule has 2 aromatic carbocycles. The molecule has 0 amide bonds. The third kappa shape index (κ3) is 3.63. The van der Waals surface area contributed by atoms with Crippen molar-refractivity contribution in [2.45, 2.75) is 43.3 Å². The summed E-state index contributed by atoms with van der Waals surface area (Å²) in [5.74, 6) is -0.0130. The highest BCUT2D eigenvalue weighted by Gasteiger charge is 2.57. The Hall–Kier alpha value is -3.37. The van der Waals surface area contributed by atoms with Crippen molar-refractivity contribution >= 4 is 17.0 Å². The summed E-state index contributed by atoms with van der Waals surface area (Å²) < 4.78 is 7.90. The zero-order valence-electron chi connectivity index (χ0n) is 18.7. The topological polar surface area (TPSA) is 140 Å². The van der Waals surface area contributed by atoms with Crippen molar-refractivity contribution in [3.8, 4) is 0 Å². The van der Waals surface area contributed by atoms with Crippen LogP contribution in [0.5, 0.6) is 0 Å². The molecule has 9 heteroatoms. The van der Waals surface area contributed by atoms with E-state index in [1.165, 1.54) is 12.7 Å². The van der Waals surface area contributed by atoms with Crippen molar-refractivity contribution in [3.05, 3.63) is 83.9 Å². The zero-order chi connectivity index (χ0) is 23.9. The summed E-state index contributed by atoms with van der Waals surface area (Å²) in [5, 5.41) is 32.1. The average molecular weight is 462 g/mol. The van der Waals surface area contributed by atoms with Crippen LogP contribution in [0.15, 0.2) is 67.3 Å². The Balaban J connectivity index is 1.71. The van der Waals surface area contributed by atoms with Crippen LogP contribution in [0.4, 0.5) is 5.82 Å². The van der Waals surface area contributed by atoms with Crippen LogP contribution in [0.2, 0.25) is 0 Å². The van der Waals surface area contributed by atoms with Gasteiger partial charge in [0, 0.05) is 12.3 Å².